The lowest BCUT2D eigenvalue weighted by Gasteiger charge is -2.31. The van der Waals surface area contributed by atoms with E-state index in [0.29, 0.717) is 52.4 Å². The van der Waals surface area contributed by atoms with Crippen LogP contribution in [0.2, 0.25) is 10.0 Å². The van der Waals surface area contributed by atoms with Gasteiger partial charge in [0.05, 0.1) is 6.61 Å². The number of aryl methyl sites for hydroxylation is 1. The van der Waals surface area contributed by atoms with E-state index in [9.17, 15) is 4.79 Å². The number of rotatable bonds is 14. The first-order valence-electron chi connectivity index (χ1n) is 14.8. The first kappa shape index (κ1) is 33.0. The molecule has 0 saturated heterocycles. The third-order valence-electron chi connectivity index (χ3n) is 7.50. The molecular weight excluding hydrogens is 677 g/mol. The van der Waals surface area contributed by atoms with Gasteiger partial charge in [-0.3, -0.25) is 10.2 Å². The predicted octanol–water partition coefficient (Wildman–Crippen LogP) is 7.27. The number of carbonyl (C=O) groups is 1. The minimum absolute atomic E-state index is 0.0565. The van der Waals surface area contributed by atoms with E-state index >= 15 is 0 Å². The van der Waals surface area contributed by atoms with Crippen molar-refractivity contribution in [3.05, 3.63) is 134 Å². The van der Waals surface area contributed by atoms with Gasteiger partial charge in [-0.15, -0.1) is 0 Å². The zero-order valence-electron chi connectivity index (χ0n) is 24.5. The number of hydrogen-bond donors (Lipinski definition) is 3. The van der Waals surface area contributed by atoms with Crippen molar-refractivity contribution in [3.63, 3.8) is 0 Å². The van der Waals surface area contributed by atoms with Crippen molar-refractivity contribution in [1.82, 2.24) is 10.9 Å². The van der Waals surface area contributed by atoms with Gasteiger partial charge in [-0.05, 0) is 66.4 Å². The van der Waals surface area contributed by atoms with Gasteiger partial charge in [-0.2, -0.15) is 0 Å². The standard InChI is InChI=1S/C35H34BrCl2N3O4/c36-30-12-5-4-11-26(30)23-35(34(43)41-39-19-6-10-24-8-2-1-3-9-24)32(29-18-15-27(37)22-31(29)38)45-33(40-35)25-13-16-28(17-14-25)44-21-7-20-42/h1-5,8-9,11-18,22,32,39,42H,6-7,10,19-21,23H2,(H,41,43)/t32-,35-/m0/s1. The molecule has 2 atom stereocenters. The van der Waals surface area contributed by atoms with Crippen LogP contribution >= 0.6 is 39.1 Å². The van der Waals surface area contributed by atoms with Crippen LogP contribution in [0, 0.1) is 0 Å². The number of hydrazine groups is 1. The number of benzene rings is 4. The molecule has 0 spiro atoms. The van der Waals surface area contributed by atoms with Crippen LogP contribution in [-0.4, -0.2) is 42.2 Å². The smallest absolute Gasteiger partial charge is 0.266 e. The summed E-state index contributed by atoms with van der Waals surface area (Å²) in [7, 11) is 0. The fourth-order valence-electron chi connectivity index (χ4n) is 5.18. The first-order valence-corrected chi connectivity index (χ1v) is 16.3. The Morgan fingerprint density at radius 1 is 0.978 bits per heavy atom. The molecule has 1 aliphatic rings. The van der Waals surface area contributed by atoms with Crippen molar-refractivity contribution >= 4 is 50.9 Å². The average molecular weight is 711 g/mol. The Hall–Kier alpha value is -3.40. The highest BCUT2D eigenvalue weighted by Gasteiger charge is 2.54. The number of aliphatic imine (C=N–C) groups is 1. The fourth-order valence-corrected chi connectivity index (χ4v) is 6.11. The molecule has 5 rings (SSSR count). The van der Waals surface area contributed by atoms with E-state index in [0.717, 1.165) is 22.9 Å². The molecule has 0 radical (unpaired) electrons. The zero-order chi connectivity index (χ0) is 31.6. The van der Waals surface area contributed by atoms with Crippen molar-refractivity contribution in [2.24, 2.45) is 4.99 Å². The molecule has 234 valence electrons. The number of aliphatic hydroxyl groups excluding tert-OH is 1. The predicted molar refractivity (Wildman–Crippen MR) is 182 cm³/mol. The van der Waals surface area contributed by atoms with Crippen LogP contribution in [0.4, 0.5) is 0 Å². The van der Waals surface area contributed by atoms with Gasteiger partial charge in [-0.1, -0.05) is 93.7 Å². The van der Waals surface area contributed by atoms with Gasteiger partial charge in [0.15, 0.2) is 11.6 Å². The summed E-state index contributed by atoms with van der Waals surface area (Å²) in [5.41, 5.74) is 8.00. The monoisotopic (exact) mass is 709 g/mol. The Bertz CT molecular complexity index is 1620. The van der Waals surface area contributed by atoms with Crippen molar-refractivity contribution in [1.29, 1.82) is 0 Å². The van der Waals surface area contributed by atoms with Gasteiger partial charge in [0.25, 0.3) is 5.91 Å². The summed E-state index contributed by atoms with van der Waals surface area (Å²) in [6, 6.07) is 30.4. The van der Waals surface area contributed by atoms with E-state index in [-0.39, 0.29) is 18.9 Å². The quantitative estimate of drug-likeness (QED) is 0.0946. The highest BCUT2D eigenvalue weighted by atomic mass is 79.9. The van der Waals surface area contributed by atoms with Crippen molar-refractivity contribution < 1.29 is 19.4 Å². The summed E-state index contributed by atoms with van der Waals surface area (Å²) in [6.45, 7) is 1.02. The SMILES string of the molecule is O=C(NNCCCc1ccccc1)[C@@]1(Cc2ccccc2Br)N=C(c2ccc(OCCCO)cc2)O[C@H]1c1ccc(Cl)cc1Cl. The molecule has 7 nitrogen and oxygen atoms in total. The minimum atomic E-state index is -1.43. The average Bonchev–Trinajstić information content (AvgIpc) is 3.43. The molecule has 1 aliphatic heterocycles. The zero-order valence-corrected chi connectivity index (χ0v) is 27.6. The number of nitrogens with zero attached hydrogens (tertiary/aromatic N) is 1. The number of halogens is 3. The van der Waals surface area contributed by atoms with E-state index in [1.165, 1.54) is 5.56 Å². The van der Waals surface area contributed by atoms with Crippen LogP contribution in [0.3, 0.4) is 0 Å². The Morgan fingerprint density at radius 3 is 2.47 bits per heavy atom. The van der Waals surface area contributed by atoms with E-state index in [4.69, 9.17) is 42.8 Å². The van der Waals surface area contributed by atoms with Crippen LogP contribution in [0.15, 0.2) is 107 Å². The molecule has 4 aromatic carbocycles. The van der Waals surface area contributed by atoms with Crippen LogP contribution in [0.25, 0.3) is 0 Å². The second-order valence-corrected chi connectivity index (χ2v) is 12.4. The van der Waals surface area contributed by atoms with E-state index in [2.05, 4.69) is 38.9 Å². The molecule has 0 aliphatic carbocycles. The number of nitrogens with one attached hydrogen (secondary N) is 2. The highest BCUT2D eigenvalue weighted by molar-refractivity contribution is 9.10. The maximum Gasteiger partial charge on any atom is 0.266 e. The molecule has 0 saturated carbocycles. The molecule has 0 aromatic heterocycles. The third kappa shape index (κ3) is 8.26. The second kappa shape index (κ2) is 15.7. The molecule has 1 heterocycles. The summed E-state index contributed by atoms with van der Waals surface area (Å²) in [4.78, 5) is 19.4. The number of carbonyl (C=O) groups excluding carboxylic acids is 1. The first-order chi connectivity index (χ1) is 21.9. The molecule has 0 unspecified atom stereocenters. The van der Waals surface area contributed by atoms with E-state index in [1.54, 1.807) is 18.2 Å². The summed E-state index contributed by atoms with van der Waals surface area (Å²) in [5, 5.41) is 9.91. The topological polar surface area (TPSA) is 92.2 Å². The van der Waals surface area contributed by atoms with Gasteiger partial charge in [0, 0.05) is 51.6 Å². The van der Waals surface area contributed by atoms with Gasteiger partial charge >= 0.3 is 0 Å². The number of aliphatic hydroxyl groups is 1. The van der Waals surface area contributed by atoms with E-state index in [1.807, 2.05) is 66.7 Å². The molecule has 10 heteroatoms. The maximum atomic E-state index is 14.4. The Labute approximate surface area is 281 Å². The van der Waals surface area contributed by atoms with Crippen LogP contribution in [-0.2, 0) is 22.4 Å². The van der Waals surface area contributed by atoms with Crippen molar-refractivity contribution in [2.75, 3.05) is 19.8 Å². The number of amides is 1. The van der Waals surface area contributed by atoms with Crippen LogP contribution in [0.1, 0.15) is 41.2 Å². The van der Waals surface area contributed by atoms with Gasteiger partial charge in [0.1, 0.15) is 5.75 Å². The lowest BCUT2D eigenvalue weighted by atomic mass is 9.82. The summed E-state index contributed by atoms with van der Waals surface area (Å²) in [5.74, 6) is 0.604. The Morgan fingerprint density at radius 2 is 1.73 bits per heavy atom. The molecule has 45 heavy (non-hydrogen) atoms. The summed E-state index contributed by atoms with van der Waals surface area (Å²) in [6.07, 6.45) is 1.59. The van der Waals surface area contributed by atoms with Crippen molar-refractivity contribution in [2.45, 2.75) is 37.3 Å². The second-order valence-electron chi connectivity index (χ2n) is 10.7. The number of hydrogen-bond acceptors (Lipinski definition) is 6. The van der Waals surface area contributed by atoms with Gasteiger partial charge in [-0.25, -0.2) is 10.4 Å². The normalized spacial score (nSPS) is 17.4. The summed E-state index contributed by atoms with van der Waals surface area (Å²) < 4.78 is 13.1. The molecule has 1 amide bonds. The lowest BCUT2D eigenvalue weighted by molar-refractivity contribution is -0.130. The van der Waals surface area contributed by atoms with Gasteiger partial charge < -0.3 is 14.6 Å². The fraction of sp³-hybridized carbons (Fsp3) is 0.257. The number of ether oxygens (including phenoxy) is 2. The molecule has 4 aromatic rings. The molecule has 0 bridgehead atoms. The third-order valence-corrected chi connectivity index (χ3v) is 8.84. The molecular formula is C35H34BrCl2N3O4. The van der Waals surface area contributed by atoms with Crippen molar-refractivity contribution in [3.8, 4) is 5.75 Å². The van der Waals surface area contributed by atoms with Gasteiger partial charge in [0.2, 0.25) is 5.90 Å². The minimum Gasteiger partial charge on any atom is -0.494 e. The van der Waals surface area contributed by atoms with E-state index < -0.39 is 11.6 Å². The maximum absolute atomic E-state index is 14.4. The molecule has 0 fully saturated rings. The highest BCUT2D eigenvalue weighted by Crippen LogP contribution is 2.45. The molecule has 3 N–H and O–H groups in total. The Balaban J connectivity index is 1.48. The summed E-state index contributed by atoms with van der Waals surface area (Å²) >= 11 is 16.7. The Kier molecular flexibility index (Phi) is 11.5. The van der Waals surface area contributed by atoms with Crippen LogP contribution < -0.4 is 15.6 Å². The lowest BCUT2D eigenvalue weighted by Crippen LogP contribution is -2.54. The largest absolute Gasteiger partial charge is 0.494 e. The van der Waals surface area contributed by atoms with Crippen LogP contribution in [0.5, 0.6) is 5.75 Å².